The van der Waals surface area contributed by atoms with Crippen molar-refractivity contribution in [3.63, 3.8) is 0 Å². The summed E-state index contributed by atoms with van der Waals surface area (Å²) in [5.74, 6) is -0.312. The Hall–Kier alpha value is -1.05. The highest BCUT2D eigenvalue weighted by Crippen LogP contribution is 2.25. The van der Waals surface area contributed by atoms with Gasteiger partial charge in [-0.2, -0.15) is 0 Å². The predicted octanol–water partition coefficient (Wildman–Crippen LogP) is 0.916. The van der Waals surface area contributed by atoms with Crippen molar-refractivity contribution in [1.29, 1.82) is 0 Å². The van der Waals surface area contributed by atoms with Gasteiger partial charge in [-0.3, -0.25) is 4.90 Å². The minimum absolute atomic E-state index is 0.0184. The molecular weight excluding hydrogens is 277 g/mol. The van der Waals surface area contributed by atoms with E-state index in [4.69, 9.17) is 9.47 Å². The lowest BCUT2D eigenvalue weighted by atomic mass is 10.0. The highest BCUT2D eigenvalue weighted by molar-refractivity contribution is 5.20. The number of aliphatic hydroxyl groups is 2. The zero-order valence-electron chi connectivity index (χ0n) is 11.9. The quantitative estimate of drug-likeness (QED) is 0.747. The third-order valence-electron chi connectivity index (χ3n) is 3.54. The van der Waals surface area contributed by atoms with Crippen LogP contribution in [0.15, 0.2) is 24.3 Å². The fraction of sp³-hybridized carbons (Fsp3) is 0.600. The van der Waals surface area contributed by atoms with E-state index >= 15 is 0 Å². The van der Waals surface area contributed by atoms with Gasteiger partial charge in [-0.25, -0.2) is 4.39 Å². The Kier molecular flexibility index (Phi) is 6.53. The standard InChI is InChI=1S/C15H22FNO4/c16-13-3-1-2-12(10-13)14(4-6-18)17(5-7-19)11-15-20-8-9-21-15/h1-3,10,14-15,18-19H,4-9,11H2. The van der Waals surface area contributed by atoms with Crippen molar-refractivity contribution in [2.45, 2.75) is 18.8 Å². The van der Waals surface area contributed by atoms with E-state index in [1.165, 1.54) is 12.1 Å². The van der Waals surface area contributed by atoms with E-state index in [2.05, 4.69) is 0 Å². The smallest absolute Gasteiger partial charge is 0.170 e. The Morgan fingerprint density at radius 1 is 1.24 bits per heavy atom. The maximum absolute atomic E-state index is 13.4. The van der Waals surface area contributed by atoms with Gasteiger partial charge in [-0.1, -0.05) is 12.1 Å². The van der Waals surface area contributed by atoms with Crippen molar-refractivity contribution < 1.29 is 24.1 Å². The Labute approximate surface area is 123 Å². The van der Waals surface area contributed by atoms with E-state index in [9.17, 15) is 14.6 Å². The van der Waals surface area contributed by atoms with Crippen LogP contribution in [-0.4, -0.2) is 60.9 Å². The summed E-state index contributed by atoms with van der Waals surface area (Å²) >= 11 is 0. The molecule has 1 aromatic rings. The lowest BCUT2D eigenvalue weighted by Crippen LogP contribution is -2.38. The molecule has 0 radical (unpaired) electrons. The second-order valence-corrected chi connectivity index (χ2v) is 4.97. The van der Waals surface area contributed by atoms with E-state index in [1.54, 1.807) is 6.07 Å². The van der Waals surface area contributed by atoms with Crippen molar-refractivity contribution in [2.24, 2.45) is 0 Å². The number of aliphatic hydroxyl groups excluding tert-OH is 2. The normalized spacial score (nSPS) is 17.5. The van der Waals surface area contributed by atoms with Gasteiger partial charge in [0.25, 0.3) is 0 Å². The molecule has 6 heteroatoms. The highest BCUT2D eigenvalue weighted by atomic mass is 19.1. The molecule has 0 amide bonds. The second kappa shape index (κ2) is 8.41. The van der Waals surface area contributed by atoms with Crippen LogP contribution in [-0.2, 0) is 9.47 Å². The molecule has 1 fully saturated rings. The fourth-order valence-corrected chi connectivity index (χ4v) is 2.60. The molecule has 5 nitrogen and oxygen atoms in total. The van der Waals surface area contributed by atoms with Crippen molar-refractivity contribution in [1.82, 2.24) is 4.90 Å². The summed E-state index contributed by atoms with van der Waals surface area (Å²) in [7, 11) is 0. The topological polar surface area (TPSA) is 62.2 Å². The first-order valence-electron chi connectivity index (χ1n) is 7.19. The first-order valence-corrected chi connectivity index (χ1v) is 7.19. The highest BCUT2D eigenvalue weighted by Gasteiger charge is 2.26. The van der Waals surface area contributed by atoms with Gasteiger partial charge in [0.2, 0.25) is 0 Å². The Morgan fingerprint density at radius 3 is 2.62 bits per heavy atom. The number of halogens is 1. The van der Waals surface area contributed by atoms with Crippen molar-refractivity contribution in [3.8, 4) is 0 Å². The van der Waals surface area contributed by atoms with Crippen LogP contribution in [0.3, 0.4) is 0 Å². The average Bonchev–Trinajstić information content (AvgIpc) is 2.97. The minimum atomic E-state index is -0.341. The van der Waals surface area contributed by atoms with E-state index in [-0.39, 0.29) is 31.4 Å². The molecule has 1 aliphatic rings. The molecule has 1 saturated heterocycles. The molecule has 1 unspecified atom stereocenters. The van der Waals surface area contributed by atoms with E-state index in [0.717, 1.165) is 5.56 Å². The summed E-state index contributed by atoms with van der Waals surface area (Å²) in [6.07, 6.45) is 0.113. The fourth-order valence-electron chi connectivity index (χ4n) is 2.60. The second-order valence-electron chi connectivity index (χ2n) is 4.97. The van der Waals surface area contributed by atoms with Gasteiger partial charge in [0.15, 0.2) is 6.29 Å². The number of rotatable bonds is 8. The van der Waals surface area contributed by atoms with Gasteiger partial charge in [0.05, 0.1) is 26.4 Å². The van der Waals surface area contributed by atoms with Crippen LogP contribution < -0.4 is 0 Å². The average molecular weight is 299 g/mol. The Morgan fingerprint density at radius 2 is 2.00 bits per heavy atom. The van der Waals surface area contributed by atoms with Crippen LogP contribution in [0.2, 0.25) is 0 Å². The van der Waals surface area contributed by atoms with Crippen molar-refractivity contribution in [3.05, 3.63) is 35.6 Å². The molecule has 1 heterocycles. The summed E-state index contributed by atoms with van der Waals surface area (Å²) in [6, 6.07) is 6.13. The largest absolute Gasteiger partial charge is 0.396 e. The van der Waals surface area contributed by atoms with Gasteiger partial charge >= 0.3 is 0 Å². The van der Waals surface area contributed by atoms with Crippen LogP contribution >= 0.6 is 0 Å². The number of benzene rings is 1. The zero-order chi connectivity index (χ0) is 15.1. The summed E-state index contributed by atoms with van der Waals surface area (Å²) in [5.41, 5.74) is 0.774. The van der Waals surface area contributed by atoms with Crippen molar-refractivity contribution in [2.75, 3.05) is 39.5 Å². The van der Waals surface area contributed by atoms with Crippen LogP contribution in [0.25, 0.3) is 0 Å². The number of nitrogens with zero attached hydrogens (tertiary/aromatic N) is 1. The zero-order valence-corrected chi connectivity index (χ0v) is 11.9. The monoisotopic (exact) mass is 299 g/mol. The first-order chi connectivity index (χ1) is 10.2. The maximum Gasteiger partial charge on any atom is 0.170 e. The third kappa shape index (κ3) is 4.72. The van der Waals surface area contributed by atoms with E-state index in [1.807, 2.05) is 11.0 Å². The first kappa shape index (κ1) is 16.3. The molecule has 118 valence electrons. The van der Waals surface area contributed by atoms with Gasteiger partial charge in [0.1, 0.15) is 5.82 Å². The molecule has 1 aromatic carbocycles. The molecule has 1 atom stereocenters. The van der Waals surface area contributed by atoms with Gasteiger partial charge < -0.3 is 19.7 Å². The third-order valence-corrected chi connectivity index (χ3v) is 3.54. The van der Waals surface area contributed by atoms with Crippen LogP contribution in [0.1, 0.15) is 18.0 Å². The predicted molar refractivity (Wildman–Crippen MR) is 75.2 cm³/mol. The van der Waals surface area contributed by atoms with Crippen LogP contribution in [0.4, 0.5) is 4.39 Å². The molecule has 0 aromatic heterocycles. The van der Waals surface area contributed by atoms with E-state index in [0.29, 0.717) is 32.7 Å². The molecular formula is C15H22FNO4. The molecule has 0 saturated carbocycles. The van der Waals surface area contributed by atoms with E-state index < -0.39 is 0 Å². The van der Waals surface area contributed by atoms with Gasteiger partial charge in [-0.15, -0.1) is 0 Å². The number of hydrogen-bond acceptors (Lipinski definition) is 5. The molecule has 2 N–H and O–H groups in total. The molecule has 0 aliphatic carbocycles. The lowest BCUT2D eigenvalue weighted by molar-refractivity contribution is -0.0722. The summed E-state index contributed by atoms with van der Waals surface area (Å²) in [5, 5.41) is 18.6. The molecule has 2 rings (SSSR count). The van der Waals surface area contributed by atoms with Gasteiger partial charge in [0, 0.05) is 19.2 Å². The SMILES string of the molecule is OCCC(c1cccc(F)c1)N(CCO)CC1OCCO1. The Balaban J connectivity index is 2.14. The lowest BCUT2D eigenvalue weighted by Gasteiger charge is -2.32. The summed E-state index contributed by atoms with van der Waals surface area (Å²) < 4.78 is 24.3. The molecule has 1 aliphatic heterocycles. The molecule has 21 heavy (non-hydrogen) atoms. The maximum atomic E-state index is 13.4. The molecule has 0 bridgehead atoms. The van der Waals surface area contributed by atoms with Crippen LogP contribution in [0.5, 0.6) is 0 Å². The van der Waals surface area contributed by atoms with Crippen LogP contribution in [0, 0.1) is 5.82 Å². The van der Waals surface area contributed by atoms with Crippen molar-refractivity contribution >= 4 is 0 Å². The summed E-state index contributed by atoms with van der Waals surface area (Å²) in [6.45, 7) is 1.95. The molecule has 0 spiro atoms. The van der Waals surface area contributed by atoms with Gasteiger partial charge in [-0.05, 0) is 24.1 Å². The Bertz CT molecular complexity index is 426. The number of ether oxygens (including phenoxy) is 2. The minimum Gasteiger partial charge on any atom is -0.396 e. The summed E-state index contributed by atoms with van der Waals surface area (Å²) in [4.78, 5) is 1.96. The number of hydrogen-bond donors (Lipinski definition) is 2.